The van der Waals surface area contributed by atoms with Gasteiger partial charge in [0.1, 0.15) is 0 Å². The zero-order valence-electron chi connectivity index (χ0n) is 11.3. The van der Waals surface area contributed by atoms with E-state index in [2.05, 4.69) is 49.5 Å². The smallest absolute Gasteiger partial charge is 0.0476 e. The summed E-state index contributed by atoms with van der Waals surface area (Å²) in [5.74, 6) is 0.623. The first kappa shape index (κ1) is 14.2. The summed E-state index contributed by atoms with van der Waals surface area (Å²) >= 11 is 0. The van der Waals surface area contributed by atoms with Crippen molar-refractivity contribution in [1.82, 2.24) is 5.32 Å². The van der Waals surface area contributed by atoms with E-state index in [-0.39, 0.29) is 0 Å². The zero-order valence-corrected chi connectivity index (χ0v) is 11.3. The van der Waals surface area contributed by atoms with Gasteiger partial charge in [-0.15, -0.1) is 0 Å². The van der Waals surface area contributed by atoms with Crippen LogP contribution >= 0.6 is 0 Å². The molecular formula is C15H25NO. The molecule has 0 aromatic heterocycles. The molecule has 0 fully saturated rings. The van der Waals surface area contributed by atoms with Crippen LogP contribution in [0.4, 0.5) is 0 Å². The molecule has 0 amide bonds. The average molecular weight is 235 g/mol. The summed E-state index contributed by atoms with van der Waals surface area (Å²) < 4.78 is 5.07. The minimum atomic E-state index is 0.540. The highest BCUT2D eigenvalue weighted by molar-refractivity contribution is 5.18. The Hall–Kier alpha value is -0.860. The van der Waals surface area contributed by atoms with Crippen LogP contribution in [0.2, 0.25) is 0 Å². The van der Waals surface area contributed by atoms with E-state index in [4.69, 9.17) is 4.74 Å². The van der Waals surface area contributed by atoms with Crippen LogP contribution in [0.1, 0.15) is 38.2 Å². The molecular weight excluding hydrogens is 210 g/mol. The molecule has 96 valence electrons. The van der Waals surface area contributed by atoms with E-state index in [1.807, 2.05) is 0 Å². The highest BCUT2D eigenvalue weighted by atomic mass is 16.5. The van der Waals surface area contributed by atoms with Crippen molar-refractivity contribution in [2.24, 2.45) is 0 Å². The van der Waals surface area contributed by atoms with Crippen LogP contribution in [0, 0.1) is 0 Å². The van der Waals surface area contributed by atoms with Crippen LogP contribution in [0.3, 0.4) is 0 Å². The van der Waals surface area contributed by atoms with Gasteiger partial charge >= 0.3 is 0 Å². The lowest BCUT2D eigenvalue weighted by molar-refractivity contribution is 0.185. The van der Waals surface area contributed by atoms with Crippen molar-refractivity contribution in [3.05, 3.63) is 35.9 Å². The fourth-order valence-corrected chi connectivity index (χ4v) is 1.89. The second-order valence-corrected chi connectivity index (χ2v) is 4.74. The van der Waals surface area contributed by atoms with Gasteiger partial charge in [0.2, 0.25) is 0 Å². The maximum Gasteiger partial charge on any atom is 0.0476 e. The molecule has 0 aliphatic carbocycles. The third-order valence-electron chi connectivity index (χ3n) is 3.19. The first-order chi connectivity index (χ1) is 8.24. The fraction of sp³-hybridized carbons (Fsp3) is 0.600. The van der Waals surface area contributed by atoms with Gasteiger partial charge in [0.15, 0.2) is 0 Å². The number of hydrogen-bond acceptors (Lipinski definition) is 2. The molecule has 2 unspecified atom stereocenters. The molecule has 0 saturated carbocycles. The Kier molecular flexibility index (Phi) is 6.90. The van der Waals surface area contributed by atoms with Crippen LogP contribution in [-0.4, -0.2) is 26.3 Å². The third-order valence-corrected chi connectivity index (χ3v) is 3.19. The van der Waals surface area contributed by atoms with E-state index in [1.165, 1.54) is 12.0 Å². The Balaban J connectivity index is 2.18. The lowest BCUT2D eigenvalue weighted by Gasteiger charge is -2.16. The number of ether oxygens (including phenoxy) is 1. The van der Waals surface area contributed by atoms with Crippen LogP contribution in [0.5, 0.6) is 0 Å². The second kappa shape index (κ2) is 8.26. The van der Waals surface area contributed by atoms with Crippen LogP contribution in [0.15, 0.2) is 30.3 Å². The molecule has 1 N–H and O–H groups in total. The lowest BCUT2D eigenvalue weighted by atomic mass is 9.98. The first-order valence-electron chi connectivity index (χ1n) is 6.51. The number of benzene rings is 1. The van der Waals surface area contributed by atoms with Crippen molar-refractivity contribution in [3.8, 4) is 0 Å². The Morgan fingerprint density at radius 3 is 2.47 bits per heavy atom. The Morgan fingerprint density at radius 2 is 1.82 bits per heavy atom. The van der Waals surface area contributed by atoms with Crippen LogP contribution in [0.25, 0.3) is 0 Å². The Labute approximate surface area is 105 Å². The van der Waals surface area contributed by atoms with E-state index >= 15 is 0 Å². The highest BCUT2D eigenvalue weighted by Crippen LogP contribution is 2.17. The Bertz CT molecular complexity index is 286. The largest absolute Gasteiger partial charge is 0.385 e. The quantitative estimate of drug-likeness (QED) is 0.747. The molecule has 1 aromatic rings. The van der Waals surface area contributed by atoms with Crippen molar-refractivity contribution >= 4 is 0 Å². The van der Waals surface area contributed by atoms with Gasteiger partial charge in [0, 0.05) is 19.8 Å². The summed E-state index contributed by atoms with van der Waals surface area (Å²) in [6, 6.07) is 11.2. The molecule has 17 heavy (non-hydrogen) atoms. The highest BCUT2D eigenvalue weighted by Gasteiger charge is 2.05. The summed E-state index contributed by atoms with van der Waals surface area (Å²) in [5, 5.41) is 3.54. The van der Waals surface area contributed by atoms with Gasteiger partial charge < -0.3 is 10.1 Å². The summed E-state index contributed by atoms with van der Waals surface area (Å²) in [4.78, 5) is 0. The van der Waals surface area contributed by atoms with Gasteiger partial charge in [-0.3, -0.25) is 0 Å². The third kappa shape index (κ3) is 5.85. The van der Waals surface area contributed by atoms with Crippen molar-refractivity contribution in [1.29, 1.82) is 0 Å². The molecule has 2 heteroatoms. The standard InChI is InChI=1S/C15H25NO/c1-13(15-7-5-4-6-8-15)9-11-16-14(2)10-12-17-3/h4-8,13-14,16H,9-12H2,1-3H3. The van der Waals surface area contributed by atoms with Crippen LogP contribution in [-0.2, 0) is 4.74 Å². The molecule has 0 saturated heterocycles. The van der Waals surface area contributed by atoms with Gasteiger partial charge in [0.25, 0.3) is 0 Å². The van der Waals surface area contributed by atoms with Crippen molar-refractivity contribution in [3.63, 3.8) is 0 Å². The molecule has 1 aromatic carbocycles. The van der Waals surface area contributed by atoms with Gasteiger partial charge in [-0.05, 0) is 37.8 Å². The predicted octanol–water partition coefficient (Wildman–Crippen LogP) is 3.19. The maximum atomic E-state index is 5.07. The van der Waals surface area contributed by atoms with Crippen molar-refractivity contribution in [2.45, 2.75) is 38.6 Å². The van der Waals surface area contributed by atoms with Gasteiger partial charge in [-0.25, -0.2) is 0 Å². The molecule has 0 aliphatic heterocycles. The maximum absolute atomic E-state index is 5.07. The molecule has 2 atom stereocenters. The molecule has 1 rings (SSSR count). The van der Waals surface area contributed by atoms with E-state index in [9.17, 15) is 0 Å². The number of hydrogen-bond donors (Lipinski definition) is 1. The second-order valence-electron chi connectivity index (χ2n) is 4.74. The summed E-state index contributed by atoms with van der Waals surface area (Å²) in [5.41, 5.74) is 1.43. The normalized spacial score (nSPS) is 14.5. The molecule has 0 radical (unpaired) electrons. The van der Waals surface area contributed by atoms with Gasteiger partial charge in [-0.1, -0.05) is 37.3 Å². The van der Waals surface area contributed by atoms with Gasteiger partial charge in [-0.2, -0.15) is 0 Å². The monoisotopic (exact) mass is 235 g/mol. The van der Waals surface area contributed by atoms with Gasteiger partial charge in [0.05, 0.1) is 0 Å². The summed E-state index contributed by atoms with van der Waals surface area (Å²) in [6.07, 6.45) is 2.26. The summed E-state index contributed by atoms with van der Waals surface area (Å²) in [6.45, 7) is 6.41. The van der Waals surface area contributed by atoms with Crippen molar-refractivity contribution < 1.29 is 4.74 Å². The SMILES string of the molecule is COCCC(C)NCCC(C)c1ccccc1. The minimum absolute atomic E-state index is 0.540. The zero-order chi connectivity index (χ0) is 12.5. The van der Waals surface area contributed by atoms with E-state index < -0.39 is 0 Å². The molecule has 0 bridgehead atoms. The number of nitrogens with one attached hydrogen (secondary N) is 1. The predicted molar refractivity (Wildman–Crippen MR) is 73.4 cm³/mol. The topological polar surface area (TPSA) is 21.3 Å². The first-order valence-corrected chi connectivity index (χ1v) is 6.51. The molecule has 0 aliphatic rings. The molecule has 0 spiro atoms. The number of methoxy groups -OCH3 is 1. The minimum Gasteiger partial charge on any atom is -0.385 e. The Morgan fingerprint density at radius 1 is 1.12 bits per heavy atom. The molecule has 2 nitrogen and oxygen atoms in total. The molecule has 0 heterocycles. The van der Waals surface area contributed by atoms with Crippen molar-refractivity contribution in [2.75, 3.05) is 20.3 Å². The summed E-state index contributed by atoms with van der Waals surface area (Å²) in [7, 11) is 1.75. The number of rotatable bonds is 8. The van der Waals surface area contributed by atoms with E-state index in [0.717, 1.165) is 19.6 Å². The fourth-order valence-electron chi connectivity index (χ4n) is 1.89. The van der Waals surface area contributed by atoms with E-state index in [1.54, 1.807) is 7.11 Å². The van der Waals surface area contributed by atoms with E-state index in [0.29, 0.717) is 12.0 Å². The lowest BCUT2D eigenvalue weighted by Crippen LogP contribution is -2.28. The average Bonchev–Trinajstić information content (AvgIpc) is 2.37. The van der Waals surface area contributed by atoms with Crippen LogP contribution < -0.4 is 5.32 Å².